The SMILES string of the molecule is O=C(CCn1cnnn1)N1CCO[C@]2(CC=CCN(Cc3ccccc3)C2=O)C1. The molecule has 1 aromatic heterocycles. The highest BCUT2D eigenvalue weighted by atomic mass is 16.5. The highest BCUT2D eigenvalue weighted by Gasteiger charge is 2.46. The molecule has 0 unspecified atom stereocenters. The summed E-state index contributed by atoms with van der Waals surface area (Å²) >= 11 is 0. The van der Waals surface area contributed by atoms with Gasteiger partial charge in [-0.1, -0.05) is 42.5 Å². The zero-order valence-corrected chi connectivity index (χ0v) is 16.2. The van der Waals surface area contributed by atoms with E-state index >= 15 is 0 Å². The molecule has 152 valence electrons. The van der Waals surface area contributed by atoms with Crippen LogP contribution in [0.4, 0.5) is 0 Å². The Kier molecular flexibility index (Phi) is 5.66. The molecule has 2 aromatic rings. The minimum atomic E-state index is -1.02. The molecule has 9 heteroatoms. The maximum atomic E-state index is 13.4. The normalized spacial score (nSPS) is 22.1. The fraction of sp³-hybridized carbons (Fsp3) is 0.450. The molecule has 0 radical (unpaired) electrons. The lowest BCUT2D eigenvalue weighted by Gasteiger charge is -2.42. The van der Waals surface area contributed by atoms with Crippen molar-refractivity contribution in [3.05, 3.63) is 54.4 Å². The number of aryl methyl sites for hydroxylation is 1. The average Bonchev–Trinajstić information content (AvgIpc) is 3.24. The molecule has 0 saturated carbocycles. The van der Waals surface area contributed by atoms with Crippen molar-refractivity contribution in [2.24, 2.45) is 0 Å². The van der Waals surface area contributed by atoms with Crippen molar-refractivity contribution < 1.29 is 14.3 Å². The zero-order chi connectivity index (χ0) is 20.1. The van der Waals surface area contributed by atoms with Gasteiger partial charge in [0, 0.05) is 32.5 Å². The summed E-state index contributed by atoms with van der Waals surface area (Å²) in [6.45, 7) is 2.54. The number of carbonyl (C=O) groups is 2. The highest BCUT2D eigenvalue weighted by molar-refractivity contribution is 5.87. The van der Waals surface area contributed by atoms with E-state index in [1.807, 2.05) is 42.5 Å². The van der Waals surface area contributed by atoms with Crippen LogP contribution in [-0.4, -0.2) is 73.7 Å². The molecule has 1 atom stereocenters. The molecule has 1 spiro atoms. The lowest BCUT2D eigenvalue weighted by molar-refractivity contribution is -0.173. The first-order valence-corrected chi connectivity index (χ1v) is 9.77. The third-order valence-electron chi connectivity index (χ3n) is 5.32. The van der Waals surface area contributed by atoms with Crippen LogP contribution >= 0.6 is 0 Å². The molecule has 2 amide bonds. The quantitative estimate of drug-likeness (QED) is 0.689. The number of hydrogen-bond donors (Lipinski definition) is 0. The van der Waals surface area contributed by atoms with Crippen LogP contribution in [0.25, 0.3) is 0 Å². The molecule has 29 heavy (non-hydrogen) atoms. The molecule has 4 rings (SSSR count). The van der Waals surface area contributed by atoms with Crippen LogP contribution < -0.4 is 0 Å². The van der Waals surface area contributed by atoms with Gasteiger partial charge in [0.1, 0.15) is 6.33 Å². The molecule has 0 bridgehead atoms. The summed E-state index contributed by atoms with van der Waals surface area (Å²) in [5, 5.41) is 10.9. The van der Waals surface area contributed by atoms with E-state index in [2.05, 4.69) is 15.5 Å². The predicted octanol–water partition coefficient (Wildman–Crippen LogP) is 0.650. The Bertz CT molecular complexity index is 870. The number of amides is 2. The van der Waals surface area contributed by atoms with Crippen LogP contribution in [0.3, 0.4) is 0 Å². The van der Waals surface area contributed by atoms with Crippen molar-refractivity contribution in [3.63, 3.8) is 0 Å². The Labute approximate surface area is 168 Å². The van der Waals surface area contributed by atoms with Crippen LogP contribution in [0.5, 0.6) is 0 Å². The third-order valence-corrected chi connectivity index (χ3v) is 5.32. The maximum Gasteiger partial charge on any atom is 0.257 e. The number of benzene rings is 1. The molecule has 1 saturated heterocycles. The highest BCUT2D eigenvalue weighted by Crippen LogP contribution is 2.28. The minimum absolute atomic E-state index is 0.0289. The van der Waals surface area contributed by atoms with Gasteiger partial charge in [0.05, 0.1) is 19.7 Å². The third kappa shape index (κ3) is 4.34. The lowest BCUT2D eigenvalue weighted by atomic mass is 9.95. The number of morpholine rings is 1. The Morgan fingerprint density at radius 3 is 2.86 bits per heavy atom. The average molecular weight is 396 g/mol. The van der Waals surface area contributed by atoms with E-state index in [4.69, 9.17) is 4.74 Å². The number of carbonyl (C=O) groups excluding carboxylic acids is 2. The van der Waals surface area contributed by atoms with Gasteiger partial charge in [0.25, 0.3) is 5.91 Å². The molecule has 0 N–H and O–H groups in total. The second-order valence-electron chi connectivity index (χ2n) is 7.33. The van der Waals surface area contributed by atoms with Crippen molar-refractivity contribution >= 4 is 11.8 Å². The minimum Gasteiger partial charge on any atom is -0.361 e. The first-order chi connectivity index (χ1) is 14.2. The number of ether oxygens (including phenoxy) is 1. The van der Waals surface area contributed by atoms with E-state index in [1.165, 1.54) is 11.0 Å². The molecule has 0 aliphatic carbocycles. The smallest absolute Gasteiger partial charge is 0.257 e. The fourth-order valence-electron chi connectivity index (χ4n) is 3.77. The van der Waals surface area contributed by atoms with Crippen molar-refractivity contribution in [3.8, 4) is 0 Å². The topological polar surface area (TPSA) is 93.4 Å². The summed E-state index contributed by atoms with van der Waals surface area (Å²) in [7, 11) is 0. The van der Waals surface area contributed by atoms with Gasteiger partial charge < -0.3 is 14.5 Å². The van der Waals surface area contributed by atoms with Gasteiger partial charge >= 0.3 is 0 Å². The summed E-state index contributed by atoms with van der Waals surface area (Å²) in [6.07, 6.45) is 6.21. The largest absolute Gasteiger partial charge is 0.361 e. The second kappa shape index (κ2) is 8.52. The first-order valence-electron chi connectivity index (χ1n) is 9.77. The van der Waals surface area contributed by atoms with E-state index in [-0.39, 0.29) is 24.8 Å². The standard InChI is InChI=1S/C20H24N6O3/c27-18(8-11-26-16-21-22-23-26)25-12-13-29-20(15-25)9-4-5-10-24(19(20)28)14-17-6-2-1-3-7-17/h1-7,16H,8-15H2/t20-/m1/s1. The van der Waals surface area contributed by atoms with Crippen molar-refractivity contribution in [1.29, 1.82) is 0 Å². The van der Waals surface area contributed by atoms with Crippen LogP contribution in [0.15, 0.2) is 48.8 Å². The summed E-state index contributed by atoms with van der Waals surface area (Å²) in [6, 6.07) is 9.89. The van der Waals surface area contributed by atoms with Gasteiger partial charge in [-0.3, -0.25) is 9.59 Å². The Hall–Kier alpha value is -3.07. The molecule has 3 heterocycles. The molecule has 9 nitrogen and oxygen atoms in total. The van der Waals surface area contributed by atoms with Gasteiger partial charge in [0.15, 0.2) is 5.60 Å². The van der Waals surface area contributed by atoms with Crippen LogP contribution in [-0.2, 0) is 27.4 Å². The van der Waals surface area contributed by atoms with Crippen molar-refractivity contribution in [1.82, 2.24) is 30.0 Å². The summed E-state index contributed by atoms with van der Waals surface area (Å²) < 4.78 is 7.55. The van der Waals surface area contributed by atoms with Gasteiger partial charge in [-0.05, 0) is 16.0 Å². The molecule has 2 aliphatic heterocycles. The van der Waals surface area contributed by atoms with Crippen molar-refractivity contribution in [2.75, 3.05) is 26.2 Å². The Balaban J connectivity index is 1.45. The summed E-state index contributed by atoms with van der Waals surface area (Å²) in [5.74, 6) is -0.0943. The number of aromatic nitrogens is 4. The monoisotopic (exact) mass is 396 g/mol. The summed E-state index contributed by atoms with van der Waals surface area (Å²) in [4.78, 5) is 29.7. The number of hydrogen-bond acceptors (Lipinski definition) is 6. The van der Waals surface area contributed by atoms with Crippen LogP contribution in [0, 0.1) is 0 Å². The Morgan fingerprint density at radius 2 is 2.07 bits per heavy atom. The van der Waals surface area contributed by atoms with E-state index < -0.39 is 5.60 Å². The predicted molar refractivity (Wildman–Crippen MR) is 103 cm³/mol. The maximum absolute atomic E-state index is 13.4. The van der Waals surface area contributed by atoms with E-state index in [1.54, 1.807) is 9.80 Å². The fourth-order valence-corrected chi connectivity index (χ4v) is 3.77. The Morgan fingerprint density at radius 1 is 1.21 bits per heavy atom. The number of tetrazole rings is 1. The molecule has 2 aliphatic rings. The first kappa shape index (κ1) is 19.3. The van der Waals surface area contributed by atoms with Crippen molar-refractivity contribution in [2.45, 2.75) is 31.5 Å². The summed E-state index contributed by atoms with van der Waals surface area (Å²) in [5.41, 5.74) is 0.0429. The van der Waals surface area contributed by atoms with Crippen LogP contribution in [0.2, 0.25) is 0 Å². The number of rotatable bonds is 5. The molecular formula is C20H24N6O3. The molecule has 1 aromatic carbocycles. The second-order valence-corrected chi connectivity index (χ2v) is 7.33. The van der Waals surface area contributed by atoms with Gasteiger partial charge in [-0.2, -0.15) is 0 Å². The van der Waals surface area contributed by atoms with Gasteiger partial charge in [-0.25, -0.2) is 4.68 Å². The van der Waals surface area contributed by atoms with E-state index in [0.29, 0.717) is 39.2 Å². The van der Waals surface area contributed by atoms with E-state index in [0.717, 1.165) is 5.56 Å². The van der Waals surface area contributed by atoms with E-state index in [9.17, 15) is 9.59 Å². The molecular weight excluding hydrogens is 372 g/mol. The zero-order valence-electron chi connectivity index (χ0n) is 16.2. The van der Waals surface area contributed by atoms with Gasteiger partial charge in [-0.15, -0.1) is 5.10 Å². The number of nitrogens with zero attached hydrogens (tertiary/aromatic N) is 6. The van der Waals surface area contributed by atoms with Crippen LogP contribution in [0.1, 0.15) is 18.4 Å². The molecule has 1 fully saturated rings. The lowest BCUT2D eigenvalue weighted by Crippen LogP contribution is -2.60. The van der Waals surface area contributed by atoms with Gasteiger partial charge in [0.2, 0.25) is 5.91 Å².